The van der Waals surface area contributed by atoms with E-state index in [1.54, 1.807) is 0 Å². The first-order valence-electron chi connectivity index (χ1n) is 30.1. The summed E-state index contributed by atoms with van der Waals surface area (Å²) in [6.07, 6.45) is 60.8. The third-order valence-corrected chi connectivity index (χ3v) is 17.5. The minimum atomic E-state index is -2.53. The first kappa shape index (κ1) is 63.0. The van der Waals surface area contributed by atoms with Gasteiger partial charge in [0.15, 0.2) is 0 Å². The molecule has 6 nitrogen and oxygen atoms in total. The van der Waals surface area contributed by atoms with Crippen molar-refractivity contribution in [2.75, 3.05) is 0 Å². The molecule has 0 unspecified atom stereocenters. The largest absolute Gasteiger partial charge is 0.663 e. The van der Waals surface area contributed by atoms with Crippen LogP contribution in [-0.4, -0.2) is 37.0 Å². The van der Waals surface area contributed by atoms with Crippen molar-refractivity contribution < 1.29 is 27.6 Å². The molecule has 0 amide bonds. The van der Waals surface area contributed by atoms with Crippen LogP contribution >= 0.6 is 0 Å². The number of ether oxygens (including phenoxy) is 2. The van der Waals surface area contributed by atoms with Gasteiger partial charge >= 0.3 is 26.4 Å². The van der Waals surface area contributed by atoms with Crippen molar-refractivity contribution in [1.82, 2.24) is 0 Å². The number of carbonyl (C=O) groups excluding carboxylic acids is 3. The van der Waals surface area contributed by atoms with E-state index < -0.39 is 19.1 Å². The van der Waals surface area contributed by atoms with Crippen LogP contribution in [-0.2, 0) is 27.6 Å². The number of rotatable bonds is 51. The summed E-state index contributed by atoms with van der Waals surface area (Å²) >= 11 is -2.53. The highest BCUT2D eigenvalue weighted by Crippen LogP contribution is 2.35. The van der Waals surface area contributed by atoms with Crippen LogP contribution < -0.4 is 0 Å². The summed E-state index contributed by atoms with van der Waals surface area (Å²) in [5.74, 6) is -0.811. The van der Waals surface area contributed by atoms with Crippen LogP contribution in [0.1, 0.15) is 348 Å². The highest BCUT2D eigenvalue weighted by molar-refractivity contribution is 6.57. The van der Waals surface area contributed by atoms with Gasteiger partial charge in [0.2, 0.25) is 4.65 Å². The minimum Gasteiger partial charge on any atom is -0.612 e. The number of hydrogen-bond donors (Lipinski definition) is 0. The Bertz CT molecular complexity index is 1020. The summed E-state index contributed by atoms with van der Waals surface area (Å²) < 4.78 is 17.4. The molecule has 0 saturated carbocycles. The fraction of sp³-hybridized carbons (Fsp3) is 0.949. The van der Waals surface area contributed by atoms with Crippen LogP contribution in [0.25, 0.3) is 0 Å². The fourth-order valence-corrected chi connectivity index (χ4v) is 13.0. The molecule has 0 aromatic heterocycles. The molecule has 0 N–H and O–H groups in total. The number of carbonyl (C=O) groups is 3. The molecule has 0 spiro atoms. The summed E-state index contributed by atoms with van der Waals surface area (Å²) in [5, 5.41) is 0.684. The average molecular weight is 946 g/mol. The third-order valence-electron chi connectivity index (χ3n) is 14.5. The van der Waals surface area contributed by atoms with Crippen molar-refractivity contribution in [3.05, 3.63) is 0 Å². The lowest BCUT2D eigenvalue weighted by molar-refractivity contribution is -0.210. The number of esters is 2. The molecular weight excluding hydrogens is 832 g/mol. The van der Waals surface area contributed by atoms with Crippen LogP contribution in [0.5, 0.6) is 0 Å². The summed E-state index contributed by atoms with van der Waals surface area (Å²) in [5.41, 5.74) is 0. The second-order valence-electron chi connectivity index (χ2n) is 21.1. The molecule has 1 heterocycles. The molecule has 1 aliphatic rings. The van der Waals surface area contributed by atoms with Gasteiger partial charge in [0.1, 0.15) is 0 Å². The molecule has 0 atom stereocenters. The van der Waals surface area contributed by atoms with Crippen LogP contribution in [0.3, 0.4) is 0 Å². The quantitative estimate of drug-likeness (QED) is 0.0262. The molecule has 0 aliphatic carbocycles. The van der Waals surface area contributed by atoms with Crippen molar-refractivity contribution >= 4 is 32.4 Å². The Morgan fingerprint density at radius 1 is 0.318 bits per heavy atom. The smallest absolute Gasteiger partial charge is 0.612 e. The summed E-state index contributed by atoms with van der Waals surface area (Å²) in [7, 11) is 0. The maximum absolute atomic E-state index is 13.5. The molecule has 1 fully saturated rings. The van der Waals surface area contributed by atoms with Crippen molar-refractivity contribution in [1.29, 1.82) is 0 Å². The molecule has 0 radical (unpaired) electrons. The zero-order chi connectivity index (χ0) is 47.7. The maximum Gasteiger partial charge on any atom is 0.663 e. The first-order valence-corrected chi connectivity index (χ1v) is 32.0. The van der Waals surface area contributed by atoms with Gasteiger partial charge in [-0.1, -0.05) is 297 Å². The van der Waals surface area contributed by atoms with Gasteiger partial charge in [-0.15, -0.1) is 0 Å². The lowest BCUT2D eigenvalue weighted by Gasteiger charge is -2.38. The molecule has 7 heteroatoms. The van der Waals surface area contributed by atoms with Crippen molar-refractivity contribution in [2.24, 2.45) is 0 Å². The van der Waals surface area contributed by atoms with Gasteiger partial charge < -0.3 is 13.3 Å². The Morgan fingerprint density at radius 2 is 0.545 bits per heavy atom. The lowest BCUT2D eigenvalue weighted by atomic mass is 10.0. The standard InChI is InChI=1S/C41H78O4.C18H36O2.Al/c1-4-7-10-12-14-16-18-20-22-24-26-28-30-32-34-36-39(42)44-41(38-9-6-3)45-40(43)37-35-33-31-29-27-25-23-21-19-17-15-13-11-8-5-2;1-2-3-4-5-6-7-8-9-10-11-12-13-14-15-16-17-18(19)20;/h3-38H2,1-2H3;2-17H2,1H3,(H,19,20);/q;;+1/p-1. The van der Waals surface area contributed by atoms with Crippen molar-refractivity contribution in [3.8, 4) is 0 Å². The van der Waals surface area contributed by atoms with Crippen LogP contribution in [0, 0.1) is 0 Å². The highest BCUT2D eigenvalue weighted by Gasteiger charge is 2.58. The van der Waals surface area contributed by atoms with E-state index in [-0.39, 0.29) is 17.9 Å². The third kappa shape index (κ3) is 39.8. The molecular formula is C59H113AlO6. The number of hydrogen-bond acceptors (Lipinski definition) is 6. The second-order valence-corrected chi connectivity index (χ2v) is 23.8. The summed E-state index contributed by atoms with van der Waals surface area (Å²) in [6, 6.07) is 0. The van der Waals surface area contributed by atoms with Gasteiger partial charge in [-0.05, 0) is 31.0 Å². The topological polar surface area (TPSA) is 78.9 Å². The molecule has 1 saturated heterocycles. The van der Waals surface area contributed by atoms with E-state index in [2.05, 4.69) is 20.8 Å². The predicted octanol–water partition coefficient (Wildman–Crippen LogP) is 19.8. The Labute approximate surface area is 416 Å². The monoisotopic (exact) mass is 945 g/mol. The Morgan fingerprint density at radius 3 is 0.803 bits per heavy atom. The van der Waals surface area contributed by atoms with Gasteiger partial charge in [0.25, 0.3) is 5.97 Å². The first-order chi connectivity index (χ1) is 32.5. The molecule has 0 aromatic carbocycles. The fourth-order valence-electron chi connectivity index (χ4n) is 10.1. The Balaban J connectivity index is 2.48. The Hall–Kier alpha value is -1.06. The van der Waals surface area contributed by atoms with Gasteiger partial charge in [0.05, 0.1) is 0 Å². The predicted molar refractivity (Wildman–Crippen MR) is 284 cm³/mol. The minimum absolute atomic E-state index is 0.204. The van der Waals surface area contributed by atoms with Crippen molar-refractivity contribution in [2.45, 2.75) is 358 Å². The van der Waals surface area contributed by atoms with E-state index in [1.807, 2.05) is 0 Å². The summed E-state index contributed by atoms with van der Waals surface area (Å²) in [6.45, 7) is 6.84. The highest BCUT2D eigenvalue weighted by atomic mass is 27.2. The zero-order valence-electron chi connectivity index (χ0n) is 44.8. The van der Waals surface area contributed by atoms with Crippen LogP contribution in [0.2, 0.25) is 5.28 Å². The zero-order valence-corrected chi connectivity index (χ0v) is 46.0. The van der Waals surface area contributed by atoms with Gasteiger partial charge in [-0.25, -0.2) is 0 Å². The summed E-state index contributed by atoms with van der Waals surface area (Å²) in [4.78, 5) is 40.2. The van der Waals surface area contributed by atoms with E-state index in [0.717, 1.165) is 70.6 Å². The van der Waals surface area contributed by atoms with Gasteiger partial charge in [0, 0.05) is 25.7 Å². The van der Waals surface area contributed by atoms with Crippen LogP contribution in [0.15, 0.2) is 0 Å². The SMILES string of the molecule is CCCCCCCCCCCCCCCCCC(=O)[O][Al]1[CH2]CCC[C]1(OC(=O)CCCCCCCCCCCCCCCCC)OC(=O)CCCCCCCCCCCCCCCCC. The molecule has 66 heavy (non-hydrogen) atoms. The van der Waals surface area contributed by atoms with Gasteiger partial charge in [-0.2, -0.15) is 0 Å². The lowest BCUT2D eigenvalue weighted by Crippen LogP contribution is -2.56. The molecule has 0 aromatic rings. The second kappa shape index (κ2) is 48.9. The molecule has 1 rings (SSSR count). The van der Waals surface area contributed by atoms with E-state index in [1.165, 1.54) is 231 Å². The average Bonchev–Trinajstić information content (AvgIpc) is 3.31. The van der Waals surface area contributed by atoms with Crippen LogP contribution in [0.4, 0.5) is 0 Å². The van der Waals surface area contributed by atoms with E-state index in [0.29, 0.717) is 31.0 Å². The Kier molecular flexibility index (Phi) is 46.7. The molecule has 0 bridgehead atoms. The van der Waals surface area contributed by atoms with E-state index >= 15 is 0 Å². The molecule has 388 valence electrons. The van der Waals surface area contributed by atoms with Crippen molar-refractivity contribution in [3.63, 3.8) is 0 Å². The van der Waals surface area contributed by atoms with Gasteiger partial charge in [-0.3, -0.25) is 14.4 Å². The maximum atomic E-state index is 13.5. The van der Waals surface area contributed by atoms with E-state index in [9.17, 15) is 14.4 Å². The molecule has 1 aliphatic heterocycles. The van der Waals surface area contributed by atoms with E-state index in [4.69, 9.17) is 13.3 Å². The normalized spacial score (nSPS) is 13.6. The number of unbranched alkanes of at least 4 members (excludes halogenated alkanes) is 42.